The zero-order chi connectivity index (χ0) is 28.4. The quantitative estimate of drug-likeness (QED) is 0.205. The molecule has 0 unspecified atom stereocenters. The molecule has 0 radical (unpaired) electrons. The molecule has 12 heteroatoms. The maximum atomic E-state index is 13.5. The first-order valence-electron chi connectivity index (χ1n) is 12.2. The second kappa shape index (κ2) is 11.3. The van der Waals surface area contributed by atoms with Gasteiger partial charge in [-0.25, -0.2) is 14.2 Å². The van der Waals surface area contributed by atoms with Crippen molar-refractivity contribution in [1.29, 1.82) is 0 Å². The van der Waals surface area contributed by atoms with Crippen LogP contribution in [-0.2, 0) is 19.5 Å². The molecule has 208 valence electrons. The van der Waals surface area contributed by atoms with E-state index in [9.17, 15) is 26.7 Å². The van der Waals surface area contributed by atoms with Crippen LogP contribution in [0.5, 0.6) is 5.75 Å². The summed E-state index contributed by atoms with van der Waals surface area (Å²) in [5, 5.41) is 3.23. The van der Waals surface area contributed by atoms with Crippen molar-refractivity contribution in [3.63, 3.8) is 0 Å². The van der Waals surface area contributed by atoms with Crippen LogP contribution in [0.1, 0.15) is 22.4 Å². The topological polar surface area (TPSA) is 59.4 Å². The number of benzene rings is 2. The van der Waals surface area contributed by atoms with Crippen molar-refractivity contribution in [2.45, 2.75) is 25.9 Å². The van der Waals surface area contributed by atoms with Crippen LogP contribution in [0.15, 0.2) is 60.8 Å². The van der Waals surface area contributed by atoms with E-state index in [1.54, 1.807) is 18.2 Å². The number of carbonyl (C=O) groups is 1. The van der Waals surface area contributed by atoms with Gasteiger partial charge in [-0.15, -0.1) is 13.2 Å². The molecule has 0 bridgehead atoms. The molecular formula is C28H22ClF5N4O2. The average molecular weight is 577 g/mol. The smallest absolute Gasteiger partial charge is 0.406 e. The van der Waals surface area contributed by atoms with E-state index in [0.717, 1.165) is 11.6 Å². The molecule has 0 aliphatic carbocycles. The molecule has 2 aromatic carbocycles. The van der Waals surface area contributed by atoms with Crippen LogP contribution in [0.3, 0.4) is 0 Å². The highest BCUT2D eigenvalue weighted by Crippen LogP contribution is 2.35. The zero-order valence-corrected chi connectivity index (χ0v) is 21.6. The second-order valence-corrected chi connectivity index (χ2v) is 9.60. The van der Waals surface area contributed by atoms with Gasteiger partial charge in [0.2, 0.25) is 5.95 Å². The highest BCUT2D eigenvalue weighted by molar-refractivity contribution is 6.30. The summed E-state index contributed by atoms with van der Waals surface area (Å²) in [5.41, 5.74) is 3.03. The van der Waals surface area contributed by atoms with Crippen LogP contribution < -0.4 is 10.1 Å². The number of carbonyl (C=O) groups excluding carboxylic acids is 1. The summed E-state index contributed by atoms with van der Waals surface area (Å²) >= 11 is 5.84. The van der Waals surface area contributed by atoms with Crippen molar-refractivity contribution in [3.8, 4) is 5.75 Å². The maximum absolute atomic E-state index is 13.5. The van der Waals surface area contributed by atoms with E-state index in [2.05, 4.69) is 19.9 Å². The first-order chi connectivity index (χ1) is 19.1. The molecule has 6 nitrogen and oxygen atoms in total. The van der Waals surface area contributed by atoms with Gasteiger partial charge in [0.1, 0.15) is 11.6 Å². The standard InChI is InChI=1S/C28H22ClF5N4O2/c29-22-12-17(3-5-23(22)30)2-1-10-37-11-8-25-21(16-37)20-14-19(40-28(32,33)34)4-6-24(20)38(25)27(39)36-15-18-7-9-35-26(31)13-18/h1-7,9,12-14H,8,10-11,15-16H2,(H,36,39)/b2-1+. The number of hydrogen-bond donors (Lipinski definition) is 1. The summed E-state index contributed by atoms with van der Waals surface area (Å²) in [5.74, 6) is -1.58. The summed E-state index contributed by atoms with van der Waals surface area (Å²) in [6, 6.07) is 10.5. The lowest BCUT2D eigenvalue weighted by Gasteiger charge is -2.27. The minimum atomic E-state index is -4.87. The van der Waals surface area contributed by atoms with Gasteiger partial charge in [0.05, 0.1) is 10.5 Å². The molecule has 0 fully saturated rings. The molecule has 0 saturated carbocycles. The van der Waals surface area contributed by atoms with Crippen molar-refractivity contribution < 1.29 is 31.5 Å². The third-order valence-corrected chi connectivity index (χ3v) is 6.78. The second-order valence-electron chi connectivity index (χ2n) is 9.19. The minimum absolute atomic E-state index is 0.0156. The number of rotatable bonds is 6. The Morgan fingerprint density at radius 3 is 2.70 bits per heavy atom. The Bertz CT molecular complexity index is 1600. The average Bonchev–Trinajstić information content (AvgIpc) is 3.21. The predicted molar refractivity (Wildman–Crippen MR) is 140 cm³/mol. The van der Waals surface area contributed by atoms with Gasteiger partial charge in [-0.2, -0.15) is 4.39 Å². The molecule has 1 N–H and O–H groups in total. The fourth-order valence-electron chi connectivity index (χ4n) is 4.74. The Morgan fingerprint density at radius 2 is 1.95 bits per heavy atom. The number of amides is 1. The van der Waals surface area contributed by atoms with E-state index in [0.29, 0.717) is 53.8 Å². The molecule has 3 heterocycles. The first kappa shape index (κ1) is 27.6. The van der Waals surface area contributed by atoms with E-state index >= 15 is 0 Å². The van der Waals surface area contributed by atoms with Gasteiger partial charge in [-0.05, 0) is 59.2 Å². The lowest BCUT2D eigenvalue weighted by atomic mass is 10.0. The lowest BCUT2D eigenvalue weighted by Crippen LogP contribution is -2.34. The van der Waals surface area contributed by atoms with Gasteiger partial charge in [0, 0.05) is 49.9 Å². The van der Waals surface area contributed by atoms with Gasteiger partial charge >= 0.3 is 12.4 Å². The largest absolute Gasteiger partial charge is 0.573 e. The molecule has 0 spiro atoms. The van der Waals surface area contributed by atoms with Gasteiger partial charge in [0.25, 0.3) is 0 Å². The highest BCUT2D eigenvalue weighted by Gasteiger charge is 2.32. The highest BCUT2D eigenvalue weighted by atomic mass is 35.5. The van der Waals surface area contributed by atoms with Crippen molar-refractivity contribution in [1.82, 2.24) is 19.8 Å². The minimum Gasteiger partial charge on any atom is -0.406 e. The Balaban J connectivity index is 1.42. The number of nitrogens with zero attached hydrogens (tertiary/aromatic N) is 3. The molecule has 1 aliphatic heterocycles. The number of ether oxygens (including phenoxy) is 1. The van der Waals surface area contributed by atoms with Crippen LogP contribution in [0.25, 0.3) is 17.0 Å². The van der Waals surface area contributed by atoms with Crippen LogP contribution in [0, 0.1) is 11.8 Å². The summed E-state index contributed by atoms with van der Waals surface area (Å²) in [4.78, 5) is 18.9. The number of aromatic nitrogens is 2. The Hall–Kier alpha value is -3.96. The summed E-state index contributed by atoms with van der Waals surface area (Å²) in [7, 11) is 0. The molecule has 1 amide bonds. The van der Waals surface area contributed by atoms with Gasteiger partial charge in [-0.3, -0.25) is 9.47 Å². The molecule has 1 aliphatic rings. The van der Waals surface area contributed by atoms with Crippen LogP contribution in [-0.4, -0.2) is 39.9 Å². The first-order valence-corrected chi connectivity index (χ1v) is 12.6. The maximum Gasteiger partial charge on any atom is 0.573 e. The molecular weight excluding hydrogens is 555 g/mol. The Labute approximate surface area is 230 Å². The fraction of sp³-hybridized carbons (Fsp3) is 0.214. The number of pyridine rings is 1. The predicted octanol–water partition coefficient (Wildman–Crippen LogP) is 6.70. The van der Waals surface area contributed by atoms with Crippen molar-refractivity contribution in [3.05, 3.63) is 100.0 Å². The van der Waals surface area contributed by atoms with Gasteiger partial charge < -0.3 is 10.1 Å². The number of alkyl halides is 3. The molecule has 0 saturated heterocycles. The van der Waals surface area contributed by atoms with Crippen molar-refractivity contribution >= 4 is 34.6 Å². The molecule has 5 rings (SSSR count). The summed E-state index contributed by atoms with van der Waals surface area (Å²) in [6.07, 6.45) is 0.557. The SMILES string of the molecule is O=C(NCc1ccnc(F)c1)n1c2c(c3cc(OC(F)(F)F)ccc31)CN(C/C=C/c1ccc(F)c(Cl)c1)CC2. The van der Waals surface area contributed by atoms with E-state index in [1.165, 1.54) is 41.1 Å². The van der Waals surface area contributed by atoms with E-state index < -0.39 is 29.9 Å². The number of hydrogen-bond acceptors (Lipinski definition) is 4. The number of nitrogens with one attached hydrogen (secondary N) is 1. The van der Waals surface area contributed by atoms with E-state index in [-0.39, 0.29) is 11.6 Å². The molecule has 2 aromatic heterocycles. The van der Waals surface area contributed by atoms with Crippen LogP contribution >= 0.6 is 11.6 Å². The van der Waals surface area contributed by atoms with Crippen LogP contribution in [0.4, 0.5) is 26.7 Å². The third kappa shape index (κ3) is 6.26. The zero-order valence-electron chi connectivity index (χ0n) is 20.8. The van der Waals surface area contributed by atoms with Gasteiger partial charge in [-0.1, -0.05) is 29.8 Å². The number of halogens is 6. The van der Waals surface area contributed by atoms with Gasteiger partial charge in [0.15, 0.2) is 0 Å². The third-order valence-electron chi connectivity index (χ3n) is 6.49. The molecule has 40 heavy (non-hydrogen) atoms. The number of fused-ring (bicyclic) bond motifs is 3. The van der Waals surface area contributed by atoms with Crippen LogP contribution in [0.2, 0.25) is 5.02 Å². The fourth-order valence-corrected chi connectivity index (χ4v) is 4.93. The summed E-state index contributed by atoms with van der Waals surface area (Å²) < 4.78 is 71.2. The monoisotopic (exact) mass is 576 g/mol. The van der Waals surface area contributed by atoms with Crippen molar-refractivity contribution in [2.24, 2.45) is 0 Å². The normalized spacial score (nSPS) is 14.1. The summed E-state index contributed by atoms with van der Waals surface area (Å²) in [6.45, 7) is 1.48. The lowest BCUT2D eigenvalue weighted by molar-refractivity contribution is -0.274. The van der Waals surface area contributed by atoms with E-state index in [4.69, 9.17) is 11.6 Å². The van der Waals surface area contributed by atoms with E-state index in [1.807, 2.05) is 6.08 Å². The molecule has 4 aromatic rings. The Morgan fingerprint density at radius 1 is 1.12 bits per heavy atom. The molecule has 0 atom stereocenters. The van der Waals surface area contributed by atoms with Crippen molar-refractivity contribution in [2.75, 3.05) is 13.1 Å². The Kier molecular flexibility index (Phi) is 7.77.